The summed E-state index contributed by atoms with van der Waals surface area (Å²) in [5.41, 5.74) is 2.85. The smallest absolute Gasteiger partial charge is 0.416 e. The van der Waals surface area contributed by atoms with Crippen LogP contribution in [0.1, 0.15) is 46.4 Å². The van der Waals surface area contributed by atoms with Gasteiger partial charge in [0.25, 0.3) is 5.91 Å². The highest BCUT2D eigenvalue weighted by molar-refractivity contribution is 5.98. The monoisotopic (exact) mass is 479 g/mol. The lowest BCUT2D eigenvalue weighted by Gasteiger charge is -2.35. The highest BCUT2D eigenvalue weighted by Gasteiger charge is 2.34. The number of aliphatic hydroxyl groups excluding tert-OH is 1. The Balaban J connectivity index is 1.50. The Hall–Kier alpha value is -4.11. The summed E-state index contributed by atoms with van der Waals surface area (Å²) < 4.78 is 44.4. The summed E-state index contributed by atoms with van der Waals surface area (Å²) in [4.78, 5) is 18.7. The molecule has 0 radical (unpaired) electrons. The second kappa shape index (κ2) is 8.59. The fourth-order valence-corrected chi connectivity index (χ4v) is 4.18. The molecule has 2 atom stereocenters. The van der Waals surface area contributed by atoms with Gasteiger partial charge in [0.1, 0.15) is 0 Å². The minimum absolute atomic E-state index is 0.316. The number of hydrogen-bond donors (Lipinski definition) is 2. The SMILES string of the molecule is C[C@H](NC(=O)c1ccc2c(c1)-c1cocc1C(O)N2c1ccc(C(F)(F)F)cc1)c1ccccn1. The zero-order valence-corrected chi connectivity index (χ0v) is 18.5. The Labute approximate surface area is 198 Å². The van der Waals surface area contributed by atoms with Gasteiger partial charge in [-0.3, -0.25) is 9.78 Å². The van der Waals surface area contributed by atoms with Gasteiger partial charge in [-0.25, -0.2) is 0 Å². The average molecular weight is 479 g/mol. The van der Waals surface area contributed by atoms with Crippen molar-refractivity contribution in [2.75, 3.05) is 4.90 Å². The molecule has 35 heavy (non-hydrogen) atoms. The van der Waals surface area contributed by atoms with Crippen LogP contribution in [-0.4, -0.2) is 16.0 Å². The van der Waals surface area contributed by atoms with Crippen molar-refractivity contribution in [2.45, 2.75) is 25.4 Å². The number of carbonyl (C=O) groups is 1. The van der Waals surface area contributed by atoms with Gasteiger partial charge in [0, 0.05) is 34.1 Å². The van der Waals surface area contributed by atoms with Crippen LogP contribution in [0.2, 0.25) is 0 Å². The number of alkyl halides is 3. The zero-order valence-electron chi connectivity index (χ0n) is 18.5. The molecule has 1 unspecified atom stereocenters. The van der Waals surface area contributed by atoms with Crippen molar-refractivity contribution in [3.8, 4) is 11.1 Å². The van der Waals surface area contributed by atoms with E-state index in [0.717, 1.165) is 12.1 Å². The van der Waals surface area contributed by atoms with E-state index in [1.807, 2.05) is 19.1 Å². The minimum atomic E-state index is -4.47. The van der Waals surface area contributed by atoms with E-state index in [-0.39, 0.29) is 11.9 Å². The number of amides is 1. The number of aliphatic hydroxyl groups is 1. The molecule has 2 N–H and O–H groups in total. The first-order valence-electron chi connectivity index (χ1n) is 10.8. The Bertz CT molecular complexity index is 1370. The highest BCUT2D eigenvalue weighted by atomic mass is 19.4. The van der Waals surface area contributed by atoms with Crippen molar-refractivity contribution >= 4 is 17.3 Å². The molecule has 3 heterocycles. The number of nitrogens with zero attached hydrogens (tertiary/aromatic N) is 2. The molecule has 0 fully saturated rings. The number of rotatable bonds is 4. The Kier molecular flexibility index (Phi) is 5.56. The Morgan fingerprint density at radius 3 is 2.54 bits per heavy atom. The lowest BCUT2D eigenvalue weighted by molar-refractivity contribution is -0.137. The van der Waals surface area contributed by atoms with Gasteiger partial charge in [-0.05, 0) is 61.5 Å². The Morgan fingerprint density at radius 1 is 1.09 bits per heavy atom. The number of nitrogens with one attached hydrogen (secondary N) is 1. The number of anilines is 2. The van der Waals surface area contributed by atoms with Gasteiger partial charge in [-0.2, -0.15) is 13.2 Å². The molecule has 2 aromatic carbocycles. The van der Waals surface area contributed by atoms with Crippen LogP contribution in [0, 0.1) is 0 Å². The molecule has 178 valence electrons. The summed E-state index contributed by atoms with van der Waals surface area (Å²) >= 11 is 0. The largest absolute Gasteiger partial charge is 0.471 e. The van der Waals surface area contributed by atoms with Crippen molar-refractivity contribution in [1.29, 1.82) is 0 Å². The Morgan fingerprint density at radius 2 is 1.86 bits per heavy atom. The third-order valence-electron chi connectivity index (χ3n) is 5.97. The molecule has 5 rings (SSSR count). The molecule has 0 saturated carbocycles. The molecule has 0 spiro atoms. The fraction of sp³-hybridized carbons (Fsp3) is 0.154. The van der Waals surface area contributed by atoms with Crippen LogP contribution in [0.15, 0.2) is 83.8 Å². The molecule has 1 aliphatic rings. The van der Waals surface area contributed by atoms with Gasteiger partial charge >= 0.3 is 6.18 Å². The van der Waals surface area contributed by atoms with Crippen LogP contribution in [0.5, 0.6) is 0 Å². The summed E-state index contributed by atoms with van der Waals surface area (Å²) in [7, 11) is 0. The normalized spacial score (nSPS) is 15.8. The van der Waals surface area contributed by atoms with Crippen molar-refractivity contribution < 1.29 is 27.5 Å². The van der Waals surface area contributed by atoms with Crippen LogP contribution in [0.25, 0.3) is 11.1 Å². The molecule has 2 aromatic heterocycles. The number of halogens is 3. The van der Waals surface area contributed by atoms with Crippen LogP contribution in [0.4, 0.5) is 24.5 Å². The van der Waals surface area contributed by atoms with E-state index >= 15 is 0 Å². The summed E-state index contributed by atoms with van der Waals surface area (Å²) in [5, 5.41) is 13.9. The summed E-state index contributed by atoms with van der Waals surface area (Å²) in [5.74, 6) is -0.316. The van der Waals surface area contributed by atoms with E-state index in [9.17, 15) is 23.1 Å². The molecular formula is C26H20F3N3O3. The number of furan rings is 1. The molecular weight excluding hydrogens is 459 g/mol. The molecule has 0 bridgehead atoms. The minimum Gasteiger partial charge on any atom is -0.471 e. The number of carbonyl (C=O) groups excluding carboxylic acids is 1. The maximum absolute atomic E-state index is 13.0. The van der Waals surface area contributed by atoms with Gasteiger partial charge in [0.05, 0.1) is 35.5 Å². The first kappa shape index (κ1) is 22.7. The lowest BCUT2D eigenvalue weighted by atomic mass is 9.93. The first-order valence-corrected chi connectivity index (χ1v) is 10.8. The van der Waals surface area contributed by atoms with Gasteiger partial charge in [-0.1, -0.05) is 6.07 Å². The number of benzene rings is 2. The predicted octanol–water partition coefficient (Wildman–Crippen LogP) is 5.99. The zero-order chi connectivity index (χ0) is 24.7. The van der Waals surface area contributed by atoms with E-state index in [4.69, 9.17) is 4.42 Å². The molecule has 1 aliphatic heterocycles. The number of pyridine rings is 1. The number of hydrogen-bond acceptors (Lipinski definition) is 5. The van der Waals surface area contributed by atoms with Gasteiger partial charge < -0.3 is 19.7 Å². The molecule has 9 heteroatoms. The fourth-order valence-electron chi connectivity index (χ4n) is 4.18. The summed E-state index contributed by atoms with van der Waals surface area (Å²) in [6.45, 7) is 1.83. The van der Waals surface area contributed by atoms with E-state index in [0.29, 0.717) is 39.3 Å². The van der Waals surface area contributed by atoms with Crippen LogP contribution < -0.4 is 10.2 Å². The second-order valence-electron chi connectivity index (χ2n) is 8.21. The maximum atomic E-state index is 13.0. The van der Waals surface area contributed by atoms with Crippen LogP contribution >= 0.6 is 0 Å². The van der Waals surface area contributed by atoms with Gasteiger partial charge in [0.2, 0.25) is 0 Å². The summed E-state index contributed by atoms with van der Waals surface area (Å²) in [6.07, 6.45) is -1.14. The molecule has 0 saturated heterocycles. The molecule has 1 amide bonds. The van der Waals surface area contributed by atoms with Gasteiger partial charge in [-0.15, -0.1) is 0 Å². The number of fused-ring (bicyclic) bond motifs is 3. The lowest BCUT2D eigenvalue weighted by Crippen LogP contribution is -2.29. The standard InChI is InChI=1S/C26H20F3N3O3/c1-15(22-4-2-3-11-30-22)31-24(33)16-5-10-23-19(12-16)20-13-35-14-21(20)25(34)32(23)18-8-6-17(7-9-18)26(27,28)29/h2-15,25,34H,1H3,(H,31,33)/t15-,25?/m0/s1. The topological polar surface area (TPSA) is 78.6 Å². The number of aromatic nitrogens is 1. The predicted molar refractivity (Wildman–Crippen MR) is 123 cm³/mol. The maximum Gasteiger partial charge on any atom is 0.416 e. The highest BCUT2D eigenvalue weighted by Crippen LogP contribution is 2.48. The van der Waals surface area contributed by atoms with E-state index < -0.39 is 18.0 Å². The third-order valence-corrected chi connectivity index (χ3v) is 5.97. The first-order chi connectivity index (χ1) is 16.7. The van der Waals surface area contributed by atoms with Crippen molar-refractivity contribution in [1.82, 2.24) is 10.3 Å². The average Bonchev–Trinajstić information content (AvgIpc) is 3.35. The quantitative estimate of drug-likeness (QED) is 0.376. The van der Waals surface area contributed by atoms with Crippen LogP contribution in [-0.2, 0) is 6.18 Å². The van der Waals surface area contributed by atoms with E-state index in [1.54, 1.807) is 30.5 Å². The molecule has 0 aliphatic carbocycles. The molecule has 4 aromatic rings. The van der Waals surface area contributed by atoms with E-state index in [2.05, 4.69) is 10.3 Å². The van der Waals surface area contributed by atoms with Crippen molar-refractivity contribution in [3.05, 3.63) is 102 Å². The van der Waals surface area contributed by atoms with Crippen LogP contribution in [0.3, 0.4) is 0 Å². The van der Waals surface area contributed by atoms with E-state index in [1.165, 1.54) is 29.6 Å². The summed E-state index contributed by atoms with van der Waals surface area (Å²) in [6, 6.07) is 14.6. The second-order valence-corrected chi connectivity index (χ2v) is 8.21. The van der Waals surface area contributed by atoms with Gasteiger partial charge in [0.15, 0.2) is 6.23 Å². The molecule has 6 nitrogen and oxygen atoms in total. The third kappa shape index (κ3) is 4.15. The van der Waals surface area contributed by atoms with Crippen molar-refractivity contribution in [3.63, 3.8) is 0 Å². The van der Waals surface area contributed by atoms with Crippen molar-refractivity contribution in [2.24, 2.45) is 0 Å².